The molecule has 1 amide bonds. The number of carbonyl (C=O) groups excluding carboxylic acids is 1. The van der Waals surface area contributed by atoms with E-state index in [2.05, 4.69) is 19.2 Å². The molecular formula is C17H30N2O3. The molecule has 0 aromatic rings. The van der Waals surface area contributed by atoms with E-state index in [-0.39, 0.29) is 17.9 Å². The number of carboxylic acids is 1. The molecule has 5 heteroatoms. The van der Waals surface area contributed by atoms with E-state index >= 15 is 0 Å². The van der Waals surface area contributed by atoms with Crippen molar-refractivity contribution >= 4 is 11.9 Å². The zero-order chi connectivity index (χ0) is 16.3. The molecule has 1 saturated carbocycles. The quantitative estimate of drug-likeness (QED) is 0.834. The van der Waals surface area contributed by atoms with Gasteiger partial charge in [-0.25, -0.2) is 0 Å². The molecule has 0 radical (unpaired) electrons. The highest BCUT2D eigenvalue weighted by Gasteiger charge is 2.34. The second-order valence-electron chi connectivity index (χ2n) is 7.47. The van der Waals surface area contributed by atoms with Gasteiger partial charge in [-0.3, -0.25) is 14.5 Å². The molecular weight excluding hydrogens is 280 g/mol. The molecule has 5 nitrogen and oxygen atoms in total. The highest BCUT2D eigenvalue weighted by atomic mass is 16.4. The molecule has 0 aromatic heterocycles. The summed E-state index contributed by atoms with van der Waals surface area (Å²) in [5.74, 6) is 0.0447. The second-order valence-corrected chi connectivity index (χ2v) is 7.47. The Morgan fingerprint density at radius 3 is 2.32 bits per heavy atom. The number of hydrogen-bond acceptors (Lipinski definition) is 3. The van der Waals surface area contributed by atoms with Crippen molar-refractivity contribution in [2.45, 2.75) is 65.0 Å². The van der Waals surface area contributed by atoms with E-state index in [1.54, 1.807) is 0 Å². The molecule has 1 aliphatic heterocycles. The Hall–Kier alpha value is -1.10. The number of hydrogen-bond donors (Lipinski definition) is 2. The number of likely N-dealkylation sites (tertiary alicyclic amines) is 1. The maximum absolute atomic E-state index is 12.5. The minimum atomic E-state index is -0.745. The third-order valence-corrected chi connectivity index (χ3v) is 5.33. The van der Waals surface area contributed by atoms with Crippen LogP contribution in [0.5, 0.6) is 0 Å². The molecule has 22 heavy (non-hydrogen) atoms. The summed E-state index contributed by atoms with van der Waals surface area (Å²) < 4.78 is 0. The predicted molar refractivity (Wildman–Crippen MR) is 85.5 cm³/mol. The van der Waals surface area contributed by atoms with Gasteiger partial charge in [0.1, 0.15) is 0 Å². The fourth-order valence-electron chi connectivity index (χ4n) is 3.78. The lowest BCUT2D eigenvalue weighted by Gasteiger charge is -2.38. The highest BCUT2D eigenvalue weighted by Crippen LogP contribution is 2.25. The third kappa shape index (κ3) is 4.45. The SMILES string of the molecule is CC1CCC(NC(=O)C(C)N2CC(C)CC(C(=O)O)C2)CC1. The van der Waals surface area contributed by atoms with E-state index < -0.39 is 5.97 Å². The predicted octanol–water partition coefficient (Wildman–Crippen LogP) is 2.11. The standard InChI is InChI=1S/C17H30N2O3/c1-11-4-6-15(7-5-11)18-16(20)13(3)19-9-12(2)8-14(10-19)17(21)22/h11-15H,4-10H2,1-3H3,(H,18,20)(H,21,22). The van der Waals surface area contributed by atoms with Gasteiger partial charge in [-0.05, 0) is 50.9 Å². The van der Waals surface area contributed by atoms with E-state index in [0.717, 1.165) is 25.3 Å². The average Bonchev–Trinajstić information content (AvgIpc) is 2.48. The first-order valence-corrected chi connectivity index (χ1v) is 8.64. The lowest BCUT2D eigenvalue weighted by Crippen LogP contribution is -2.53. The summed E-state index contributed by atoms with van der Waals surface area (Å²) in [6, 6.07) is 0.0487. The lowest BCUT2D eigenvalue weighted by atomic mass is 9.87. The van der Waals surface area contributed by atoms with E-state index in [4.69, 9.17) is 0 Å². The van der Waals surface area contributed by atoms with Crippen LogP contribution in [-0.2, 0) is 9.59 Å². The maximum atomic E-state index is 12.5. The van der Waals surface area contributed by atoms with E-state index in [9.17, 15) is 14.7 Å². The summed E-state index contributed by atoms with van der Waals surface area (Å²) in [5, 5.41) is 12.4. The summed E-state index contributed by atoms with van der Waals surface area (Å²) in [7, 11) is 0. The molecule has 0 spiro atoms. The van der Waals surface area contributed by atoms with Crippen molar-refractivity contribution in [2.75, 3.05) is 13.1 Å². The fraction of sp³-hybridized carbons (Fsp3) is 0.882. The van der Waals surface area contributed by atoms with Crippen LogP contribution in [0.25, 0.3) is 0 Å². The van der Waals surface area contributed by atoms with Crippen LogP contribution in [-0.4, -0.2) is 47.1 Å². The lowest BCUT2D eigenvalue weighted by molar-refractivity contribution is -0.146. The fourth-order valence-corrected chi connectivity index (χ4v) is 3.78. The molecule has 3 atom stereocenters. The minimum Gasteiger partial charge on any atom is -0.481 e. The zero-order valence-electron chi connectivity index (χ0n) is 14.0. The normalized spacial score (nSPS) is 34.9. The number of piperidine rings is 1. The molecule has 2 N–H and O–H groups in total. The number of rotatable bonds is 4. The molecule has 1 aliphatic carbocycles. The number of aliphatic carboxylic acids is 1. The Morgan fingerprint density at radius 2 is 1.73 bits per heavy atom. The van der Waals surface area contributed by atoms with Crippen molar-refractivity contribution in [3.05, 3.63) is 0 Å². The highest BCUT2D eigenvalue weighted by molar-refractivity contribution is 5.81. The van der Waals surface area contributed by atoms with Crippen LogP contribution in [0.4, 0.5) is 0 Å². The van der Waals surface area contributed by atoms with Gasteiger partial charge in [-0.2, -0.15) is 0 Å². The second kappa shape index (κ2) is 7.44. The molecule has 2 aliphatic rings. The minimum absolute atomic E-state index is 0.0535. The first-order chi connectivity index (χ1) is 10.4. The van der Waals surface area contributed by atoms with Crippen molar-refractivity contribution in [2.24, 2.45) is 17.8 Å². The number of amides is 1. The van der Waals surface area contributed by atoms with Crippen molar-refractivity contribution in [1.82, 2.24) is 10.2 Å². The smallest absolute Gasteiger partial charge is 0.307 e. The molecule has 2 rings (SSSR count). The molecule has 0 aromatic carbocycles. The first kappa shape index (κ1) is 17.3. The van der Waals surface area contributed by atoms with Gasteiger partial charge >= 0.3 is 5.97 Å². The topological polar surface area (TPSA) is 69.6 Å². The largest absolute Gasteiger partial charge is 0.481 e. The molecule has 1 heterocycles. The van der Waals surface area contributed by atoms with Gasteiger partial charge < -0.3 is 10.4 Å². The summed E-state index contributed by atoms with van der Waals surface area (Å²) in [6.45, 7) is 7.52. The van der Waals surface area contributed by atoms with Crippen LogP contribution < -0.4 is 5.32 Å². The number of carbonyl (C=O) groups is 2. The molecule has 126 valence electrons. The van der Waals surface area contributed by atoms with Crippen molar-refractivity contribution in [1.29, 1.82) is 0 Å². The van der Waals surface area contributed by atoms with Gasteiger partial charge in [0.25, 0.3) is 0 Å². The zero-order valence-corrected chi connectivity index (χ0v) is 14.0. The first-order valence-electron chi connectivity index (χ1n) is 8.64. The van der Waals surface area contributed by atoms with Gasteiger partial charge in [-0.1, -0.05) is 13.8 Å². The van der Waals surface area contributed by atoms with E-state index in [0.29, 0.717) is 24.9 Å². The van der Waals surface area contributed by atoms with E-state index in [1.165, 1.54) is 12.8 Å². The van der Waals surface area contributed by atoms with E-state index in [1.807, 2.05) is 11.8 Å². The van der Waals surface area contributed by atoms with Crippen LogP contribution in [0.15, 0.2) is 0 Å². The monoisotopic (exact) mass is 310 g/mol. The molecule has 2 fully saturated rings. The van der Waals surface area contributed by atoms with Gasteiger partial charge in [-0.15, -0.1) is 0 Å². The molecule has 1 saturated heterocycles. The van der Waals surface area contributed by atoms with Gasteiger partial charge in [0.2, 0.25) is 5.91 Å². The summed E-state index contributed by atoms with van der Waals surface area (Å²) in [4.78, 5) is 25.8. The number of carboxylic acid groups (broad SMARTS) is 1. The van der Waals surface area contributed by atoms with Crippen molar-refractivity contribution in [3.63, 3.8) is 0 Å². The van der Waals surface area contributed by atoms with Crippen molar-refractivity contribution in [3.8, 4) is 0 Å². The van der Waals surface area contributed by atoms with Crippen LogP contribution in [0.1, 0.15) is 52.9 Å². The summed E-state index contributed by atoms with van der Waals surface area (Å²) in [5.41, 5.74) is 0. The average molecular weight is 310 g/mol. The Kier molecular flexibility index (Phi) is 5.84. The molecule has 0 bridgehead atoms. The van der Waals surface area contributed by atoms with Crippen LogP contribution in [0, 0.1) is 17.8 Å². The van der Waals surface area contributed by atoms with Crippen LogP contribution in [0.3, 0.4) is 0 Å². The van der Waals surface area contributed by atoms with Crippen LogP contribution >= 0.6 is 0 Å². The third-order valence-electron chi connectivity index (χ3n) is 5.33. The van der Waals surface area contributed by atoms with Gasteiger partial charge in [0.15, 0.2) is 0 Å². The Bertz CT molecular complexity index is 405. The Morgan fingerprint density at radius 1 is 1.09 bits per heavy atom. The van der Waals surface area contributed by atoms with Crippen LogP contribution in [0.2, 0.25) is 0 Å². The summed E-state index contributed by atoms with van der Waals surface area (Å²) in [6.07, 6.45) is 5.20. The number of nitrogens with zero attached hydrogens (tertiary/aromatic N) is 1. The number of nitrogens with one attached hydrogen (secondary N) is 1. The summed E-state index contributed by atoms with van der Waals surface area (Å²) >= 11 is 0. The maximum Gasteiger partial charge on any atom is 0.307 e. The van der Waals surface area contributed by atoms with Gasteiger partial charge in [0.05, 0.1) is 12.0 Å². The van der Waals surface area contributed by atoms with Gasteiger partial charge in [0, 0.05) is 19.1 Å². The molecule has 3 unspecified atom stereocenters. The van der Waals surface area contributed by atoms with Crippen molar-refractivity contribution < 1.29 is 14.7 Å². The Labute approximate surface area is 133 Å². The Balaban J connectivity index is 1.87.